The summed E-state index contributed by atoms with van der Waals surface area (Å²) in [5.41, 5.74) is 6.74. The lowest BCUT2D eigenvalue weighted by molar-refractivity contribution is 0.101. The number of hydrogen-bond acceptors (Lipinski definition) is 25. The van der Waals surface area contributed by atoms with Crippen LogP contribution in [0.4, 0.5) is 61.3 Å². The molecule has 746 valence electrons. The number of hydrogen-bond donors (Lipinski definition) is 5. The first-order valence-corrected chi connectivity index (χ1v) is 57.5. The Hall–Kier alpha value is -15.9. The number of aryl methyl sites for hydroxylation is 5. The number of amides is 5. The highest BCUT2D eigenvalue weighted by Crippen LogP contribution is 2.47. The van der Waals surface area contributed by atoms with E-state index in [0.717, 1.165) is 28.3 Å². The second kappa shape index (κ2) is 39.7. The van der Waals surface area contributed by atoms with Gasteiger partial charge in [0, 0.05) is 56.3 Å². The summed E-state index contributed by atoms with van der Waals surface area (Å²) in [6, 6.07) is 87.1. The fourth-order valence-electron chi connectivity index (χ4n) is 15.8. The fraction of sp³-hybridized carbons (Fsp3) is 0.0500. The molecule has 5 N–H and O–H groups in total. The second-order valence-corrected chi connectivity index (χ2v) is 51.3. The summed E-state index contributed by atoms with van der Waals surface area (Å²) < 4.78 is 272. The van der Waals surface area contributed by atoms with E-state index in [4.69, 9.17) is 0 Å². The lowest BCUT2D eigenvalue weighted by Crippen LogP contribution is -2.30. The summed E-state index contributed by atoms with van der Waals surface area (Å²) in [7, 11) is -42.9. The van der Waals surface area contributed by atoms with Crippen molar-refractivity contribution in [2.45, 2.75) is 83.6 Å². The van der Waals surface area contributed by atoms with E-state index in [1.54, 1.807) is 124 Å². The fourth-order valence-corrected chi connectivity index (χ4v) is 38.0. The van der Waals surface area contributed by atoms with Crippen LogP contribution in [-0.2, 0) is 100 Å². The SMILES string of the molecule is Cc1cc(F)ccc1C(=O)Nc1cccc(N2S(=O)(=O)c3ccccc3S2(=O)=O)c1.Cc1ccc(C(=O)Nc2cccc(N3S(=O)(=O)c4ccccc4S3(=O)=O)c2)cc1.Cc1cccc(C(=O)Nc2cccc(N3S(=O)(=O)c4ccccc4S3(=O)=O)c2)c1.Cc1ccccc1C(=O)Nc1cccc(N2S(=O)(=O)c3ccccc3S2(=O)=O)c1.Cc1ccccc1C(=O)Nc1cccc(N2S(=O)(=O)c3ccccc3S2(=O)=O)c1. The highest BCUT2D eigenvalue weighted by atomic mass is 32.3. The van der Waals surface area contributed by atoms with Crippen molar-refractivity contribution < 1.29 is 113 Å². The van der Waals surface area contributed by atoms with Gasteiger partial charge in [-0.15, -0.1) is 0 Å². The Balaban J connectivity index is 0.000000131. The summed E-state index contributed by atoms with van der Waals surface area (Å²) in [6.07, 6.45) is 0. The van der Waals surface area contributed by atoms with Gasteiger partial charge in [-0.1, -0.05) is 163 Å². The molecular formula is C100H79FN10O25S10. The third-order valence-corrected chi connectivity index (χ3v) is 44.7. The number of anilines is 10. The molecule has 0 atom stereocenters. The summed E-state index contributed by atoms with van der Waals surface area (Å²) >= 11 is 0. The Kier molecular flexibility index (Phi) is 28.0. The Labute approximate surface area is 840 Å². The predicted molar refractivity (Wildman–Crippen MR) is 544 cm³/mol. The summed E-state index contributed by atoms with van der Waals surface area (Å²) in [5, 5.41) is 13.3. The standard InChI is InChI=1S/C20H15FN2O5S2.4C20H16N2O5S2/c1-13-11-14(21)9-10-17(13)20(24)22-15-5-4-6-16(12-15)23-29(25,26)18-7-2-3-8-19(18)30(23,27)28;1-14-6-4-7-15(12-14)20(23)21-16-8-5-9-17(13-16)22-28(24,25)18-10-2-3-11-19(18)29(22,26)27;2*1-14-7-2-3-10-17(14)20(23)21-15-8-6-9-16(13-15)22-28(24,25)18-11-4-5-12-19(18)29(22,26)27;1-14-9-11-15(12-10-14)20(23)21-16-5-4-6-17(13-16)22-28(24,25)18-7-2-3-8-19(18)29(22,26)27/h2-12H,1H3,(H,22,24);4*2-13H,1H3,(H,21,23). The first kappa shape index (κ1) is 103. The van der Waals surface area contributed by atoms with Gasteiger partial charge in [0.2, 0.25) is 0 Å². The second-order valence-electron chi connectivity index (χ2n) is 32.6. The van der Waals surface area contributed by atoms with Gasteiger partial charge in [-0.2, -0.15) is 103 Å². The van der Waals surface area contributed by atoms with Gasteiger partial charge in [-0.25, -0.2) is 4.39 Å². The lowest BCUT2D eigenvalue weighted by Gasteiger charge is -2.17. The summed E-state index contributed by atoms with van der Waals surface area (Å²) in [5.74, 6) is -2.56. The van der Waals surface area contributed by atoms with Gasteiger partial charge in [0.05, 0.1) is 28.4 Å². The first-order valence-electron chi connectivity index (χ1n) is 43.1. The van der Waals surface area contributed by atoms with Crippen molar-refractivity contribution in [1.29, 1.82) is 0 Å². The van der Waals surface area contributed by atoms with E-state index in [1.807, 2.05) is 32.0 Å². The minimum atomic E-state index is -4.32. The van der Waals surface area contributed by atoms with Crippen molar-refractivity contribution in [2.75, 3.05) is 45.1 Å². The number of halogens is 1. The van der Waals surface area contributed by atoms with Gasteiger partial charge in [-0.05, 0) is 258 Å². The smallest absolute Gasteiger partial charge is 0.279 e. The van der Waals surface area contributed by atoms with Crippen LogP contribution >= 0.6 is 0 Å². The van der Waals surface area contributed by atoms with Crippen LogP contribution in [0.15, 0.2) is 407 Å². The third-order valence-electron chi connectivity index (χ3n) is 22.6. The van der Waals surface area contributed by atoms with Gasteiger partial charge in [0.25, 0.3) is 130 Å². The minimum absolute atomic E-state index is 0.0798. The number of fused-ring (bicyclic) bond motifs is 5. The number of benzene rings is 15. The molecule has 5 aliphatic rings. The predicted octanol–water partition coefficient (Wildman–Crippen LogP) is 15.9. The molecule has 0 aliphatic carbocycles. The van der Waals surface area contributed by atoms with Gasteiger partial charge in [0.1, 0.15) is 54.8 Å². The maximum atomic E-state index is 13.3. The zero-order chi connectivity index (χ0) is 105. The number of nitrogens with one attached hydrogen (secondary N) is 5. The molecule has 0 fully saturated rings. The summed E-state index contributed by atoms with van der Waals surface area (Å²) in [6.45, 7) is 8.94. The van der Waals surface area contributed by atoms with Gasteiger partial charge >= 0.3 is 0 Å². The van der Waals surface area contributed by atoms with E-state index >= 15 is 0 Å². The van der Waals surface area contributed by atoms with E-state index in [-0.39, 0.29) is 129 Å². The molecule has 15 aromatic carbocycles. The third kappa shape index (κ3) is 19.7. The normalized spacial score (nSPS) is 16.2. The van der Waals surface area contributed by atoms with Gasteiger partial charge in [-0.3, -0.25) is 24.0 Å². The minimum Gasteiger partial charge on any atom is -0.322 e. The molecule has 0 spiro atoms. The van der Waals surface area contributed by atoms with Crippen molar-refractivity contribution in [2.24, 2.45) is 0 Å². The van der Waals surface area contributed by atoms with Gasteiger partial charge < -0.3 is 26.6 Å². The molecule has 0 radical (unpaired) electrons. The Morgan fingerprint density at radius 3 is 0.651 bits per heavy atom. The number of carbonyl (C=O) groups is 5. The zero-order valence-corrected chi connectivity index (χ0v) is 84.6. The van der Waals surface area contributed by atoms with E-state index in [9.17, 15) is 113 Å². The molecule has 0 aromatic heterocycles. The molecule has 0 bridgehead atoms. The molecule has 146 heavy (non-hydrogen) atoms. The summed E-state index contributed by atoms with van der Waals surface area (Å²) in [4.78, 5) is 59.7. The Bertz CT molecular complexity index is 8760. The average Bonchev–Trinajstić information content (AvgIpc) is 1.58. The lowest BCUT2D eigenvalue weighted by atomic mass is 10.1. The molecule has 46 heteroatoms. The van der Waals surface area contributed by atoms with Crippen molar-refractivity contribution in [3.05, 3.63) is 419 Å². The average molecular weight is 2160 g/mol. The number of rotatable bonds is 15. The number of sulfonamides is 10. The van der Waals surface area contributed by atoms with Gasteiger partial charge in [0.15, 0.2) is 0 Å². The molecule has 0 saturated heterocycles. The van der Waals surface area contributed by atoms with Crippen LogP contribution in [0.5, 0.6) is 0 Å². The molecule has 0 unspecified atom stereocenters. The van der Waals surface area contributed by atoms with E-state index < -0.39 is 118 Å². The molecule has 5 heterocycles. The van der Waals surface area contributed by atoms with Crippen molar-refractivity contribution >= 4 is 187 Å². The quantitative estimate of drug-likeness (QED) is 0.0636. The molecule has 0 saturated carbocycles. The Morgan fingerprint density at radius 2 is 0.411 bits per heavy atom. The molecule has 20 rings (SSSR count). The maximum Gasteiger partial charge on any atom is 0.279 e. The Morgan fingerprint density at radius 1 is 0.192 bits per heavy atom. The van der Waals surface area contributed by atoms with Crippen LogP contribution in [0.3, 0.4) is 0 Å². The van der Waals surface area contributed by atoms with Crippen molar-refractivity contribution in [1.82, 2.24) is 0 Å². The van der Waals surface area contributed by atoms with Crippen LogP contribution < -0.4 is 45.1 Å². The van der Waals surface area contributed by atoms with E-state index in [0.29, 0.717) is 46.4 Å². The van der Waals surface area contributed by atoms with E-state index in [2.05, 4.69) is 26.6 Å². The molecule has 35 nitrogen and oxygen atoms in total. The maximum absolute atomic E-state index is 13.3. The van der Waals surface area contributed by atoms with E-state index in [1.165, 1.54) is 231 Å². The zero-order valence-electron chi connectivity index (χ0n) is 76.5. The first-order chi connectivity index (χ1) is 69.0. The van der Waals surface area contributed by atoms with Crippen LogP contribution in [0.2, 0.25) is 0 Å². The topological polar surface area (TPSA) is 503 Å². The van der Waals surface area contributed by atoms with Crippen LogP contribution in [0.25, 0.3) is 0 Å². The molecular weight excluding hydrogens is 2080 g/mol. The monoisotopic (exact) mass is 2160 g/mol. The molecule has 5 amide bonds. The van der Waals surface area contributed by atoms with Crippen LogP contribution in [0.1, 0.15) is 79.6 Å². The number of carbonyl (C=O) groups excluding carboxylic acids is 5. The number of nitrogens with zero attached hydrogens (tertiary/aromatic N) is 5. The largest absolute Gasteiger partial charge is 0.322 e. The van der Waals surface area contributed by atoms with Crippen molar-refractivity contribution in [3.63, 3.8) is 0 Å². The molecule has 5 aliphatic heterocycles. The molecule has 15 aromatic rings. The highest BCUT2D eigenvalue weighted by Gasteiger charge is 2.52. The van der Waals surface area contributed by atoms with Crippen molar-refractivity contribution in [3.8, 4) is 0 Å². The van der Waals surface area contributed by atoms with Crippen LogP contribution in [-0.4, -0.2) is 114 Å². The highest BCUT2D eigenvalue weighted by molar-refractivity contribution is 8.15. The van der Waals surface area contributed by atoms with Crippen LogP contribution in [0, 0.1) is 40.4 Å².